The van der Waals surface area contributed by atoms with Crippen molar-refractivity contribution in [3.8, 4) is 0 Å². The fourth-order valence-corrected chi connectivity index (χ4v) is 7.88. The van der Waals surface area contributed by atoms with E-state index < -0.39 is 8.07 Å². The van der Waals surface area contributed by atoms with E-state index in [1.54, 1.807) is 0 Å². The fourth-order valence-electron chi connectivity index (χ4n) is 3.90. The molecule has 0 amide bonds. The van der Waals surface area contributed by atoms with E-state index >= 15 is 0 Å². The van der Waals surface area contributed by atoms with Gasteiger partial charge in [0.2, 0.25) is 0 Å². The Bertz CT molecular complexity index is 867. The molecule has 1 aliphatic rings. The zero-order valence-corrected chi connectivity index (χ0v) is 15.5. The lowest BCUT2D eigenvalue weighted by Crippen LogP contribution is -2.57. The average molecular weight is 339 g/mol. The molecule has 1 heteroatoms. The molecule has 0 spiro atoms. The minimum absolute atomic E-state index is 1.03. The summed E-state index contributed by atoms with van der Waals surface area (Å²) in [4.78, 5) is 0. The van der Waals surface area contributed by atoms with Crippen molar-refractivity contribution in [2.45, 2.75) is 13.0 Å². The Balaban J connectivity index is 1.89. The summed E-state index contributed by atoms with van der Waals surface area (Å²) in [7, 11) is -2.02. The predicted molar refractivity (Wildman–Crippen MR) is 111 cm³/mol. The first-order valence-corrected chi connectivity index (χ1v) is 11.4. The van der Waals surface area contributed by atoms with Crippen molar-refractivity contribution < 1.29 is 0 Å². The third-order valence-corrected chi connectivity index (χ3v) is 9.79. The van der Waals surface area contributed by atoms with Gasteiger partial charge in [-0.05, 0) is 33.1 Å². The van der Waals surface area contributed by atoms with E-state index in [-0.39, 0.29) is 0 Å². The lowest BCUT2D eigenvalue weighted by atomic mass is 10.1. The molecule has 1 aliphatic carbocycles. The highest BCUT2D eigenvalue weighted by atomic mass is 28.3. The molecule has 4 rings (SSSR count). The van der Waals surface area contributed by atoms with Crippen molar-refractivity contribution in [3.05, 3.63) is 114 Å². The first-order chi connectivity index (χ1) is 12.3. The van der Waals surface area contributed by atoms with E-state index in [0.717, 1.165) is 6.42 Å². The number of benzene rings is 3. The second-order valence-corrected chi connectivity index (χ2v) is 10.6. The molecule has 0 unspecified atom stereocenters. The Kier molecular flexibility index (Phi) is 4.25. The maximum atomic E-state index is 2.49. The fraction of sp³-hybridized carbons (Fsp3) is 0.0833. The number of hydrogen-bond donors (Lipinski definition) is 0. The Morgan fingerprint density at radius 3 is 1.60 bits per heavy atom. The van der Waals surface area contributed by atoms with E-state index in [1.165, 1.54) is 26.7 Å². The van der Waals surface area contributed by atoms with Gasteiger partial charge in [0.15, 0.2) is 0 Å². The maximum Gasteiger partial charge on any atom is 0.145 e. The summed E-state index contributed by atoms with van der Waals surface area (Å²) in [5, 5.41) is 4.48. The van der Waals surface area contributed by atoms with Crippen LogP contribution in [-0.2, 0) is 0 Å². The van der Waals surface area contributed by atoms with Gasteiger partial charge in [0.05, 0.1) is 0 Å². The van der Waals surface area contributed by atoms with Crippen LogP contribution in [0.25, 0.3) is 5.57 Å². The molecule has 0 N–H and O–H groups in total. The minimum atomic E-state index is -2.02. The molecule has 0 heterocycles. The van der Waals surface area contributed by atoms with Gasteiger partial charge in [-0.1, -0.05) is 110 Å². The largest absolute Gasteiger partial charge is 0.145 e. The molecule has 0 aliphatic heterocycles. The molecule has 25 heavy (non-hydrogen) atoms. The molecule has 0 saturated heterocycles. The van der Waals surface area contributed by atoms with Crippen LogP contribution in [0, 0.1) is 0 Å². The van der Waals surface area contributed by atoms with Crippen molar-refractivity contribution in [3.63, 3.8) is 0 Å². The van der Waals surface area contributed by atoms with Crippen LogP contribution in [0.15, 0.2) is 108 Å². The quantitative estimate of drug-likeness (QED) is 0.598. The molecule has 3 aromatic carbocycles. The standard InChI is InChI=1S/C24H22Si/c1-25(21-14-7-3-8-15-21,22-16-9-4-10-17-22)24-19-11-18-23(24)20-12-5-2-6-13-20/h2-10,12-19H,11H2,1H3. The maximum absolute atomic E-state index is 2.49. The zero-order valence-electron chi connectivity index (χ0n) is 14.5. The molecule has 0 radical (unpaired) electrons. The van der Waals surface area contributed by atoms with Gasteiger partial charge in [0.1, 0.15) is 8.07 Å². The molecule has 0 aromatic heterocycles. The first kappa shape index (κ1) is 15.9. The summed E-state index contributed by atoms with van der Waals surface area (Å²) >= 11 is 0. The highest BCUT2D eigenvalue weighted by Crippen LogP contribution is 2.35. The van der Waals surface area contributed by atoms with Crippen molar-refractivity contribution >= 4 is 24.0 Å². The SMILES string of the molecule is C[Si](C1=CCC=C1c1ccccc1)(c1ccccc1)c1ccccc1. The highest BCUT2D eigenvalue weighted by Gasteiger charge is 2.38. The lowest BCUT2D eigenvalue weighted by Gasteiger charge is -2.32. The Hall–Kier alpha value is -2.64. The van der Waals surface area contributed by atoms with Gasteiger partial charge >= 0.3 is 0 Å². The summed E-state index contributed by atoms with van der Waals surface area (Å²) < 4.78 is 0. The molecule has 0 bridgehead atoms. The second-order valence-electron chi connectivity index (χ2n) is 6.69. The van der Waals surface area contributed by atoms with E-state index in [4.69, 9.17) is 0 Å². The summed E-state index contributed by atoms with van der Waals surface area (Å²) in [6.07, 6.45) is 5.87. The Morgan fingerprint density at radius 1 is 0.600 bits per heavy atom. The molecule has 0 fully saturated rings. The van der Waals surface area contributed by atoms with Gasteiger partial charge in [-0.3, -0.25) is 0 Å². The predicted octanol–water partition coefficient (Wildman–Crippen LogP) is 4.83. The van der Waals surface area contributed by atoms with Gasteiger partial charge < -0.3 is 0 Å². The van der Waals surface area contributed by atoms with Gasteiger partial charge in [-0.15, -0.1) is 0 Å². The van der Waals surface area contributed by atoms with Crippen molar-refractivity contribution in [2.75, 3.05) is 0 Å². The van der Waals surface area contributed by atoms with Crippen molar-refractivity contribution in [2.24, 2.45) is 0 Å². The molecular formula is C24H22Si. The van der Waals surface area contributed by atoms with Gasteiger partial charge in [0.25, 0.3) is 0 Å². The second kappa shape index (κ2) is 6.70. The van der Waals surface area contributed by atoms with Crippen LogP contribution in [0.3, 0.4) is 0 Å². The van der Waals surface area contributed by atoms with Crippen LogP contribution in [0.2, 0.25) is 6.55 Å². The highest BCUT2D eigenvalue weighted by molar-refractivity contribution is 7.08. The van der Waals surface area contributed by atoms with Crippen LogP contribution in [0.1, 0.15) is 12.0 Å². The normalized spacial score (nSPS) is 14.1. The van der Waals surface area contributed by atoms with Crippen LogP contribution in [-0.4, -0.2) is 8.07 Å². The topological polar surface area (TPSA) is 0 Å². The first-order valence-electron chi connectivity index (χ1n) is 8.88. The van der Waals surface area contributed by atoms with Crippen LogP contribution < -0.4 is 10.4 Å². The molecular weight excluding hydrogens is 316 g/mol. The lowest BCUT2D eigenvalue weighted by molar-refractivity contribution is 1.44. The number of rotatable bonds is 4. The van der Waals surface area contributed by atoms with Crippen LogP contribution in [0.4, 0.5) is 0 Å². The van der Waals surface area contributed by atoms with Gasteiger partial charge in [0, 0.05) is 0 Å². The summed E-state index contributed by atoms with van der Waals surface area (Å²) in [5.41, 5.74) is 2.75. The summed E-state index contributed by atoms with van der Waals surface area (Å²) in [5.74, 6) is 0. The van der Waals surface area contributed by atoms with E-state index in [9.17, 15) is 0 Å². The minimum Gasteiger partial charge on any atom is -0.0801 e. The third-order valence-electron chi connectivity index (χ3n) is 5.26. The third kappa shape index (κ3) is 2.81. The van der Waals surface area contributed by atoms with Crippen LogP contribution in [0.5, 0.6) is 0 Å². The van der Waals surface area contributed by atoms with Gasteiger partial charge in [-0.25, -0.2) is 0 Å². The van der Waals surface area contributed by atoms with E-state index in [1.807, 2.05) is 0 Å². The Morgan fingerprint density at radius 2 is 1.08 bits per heavy atom. The van der Waals surface area contributed by atoms with Crippen molar-refractivity contribution in [1.29, 1.82) is 0 Å². The van der Waals surface area contributed by atoms with E-state index in [2.05, 4.69) is 110 Å². The summed E-state index contributed by atoms with van der Waals surface area (Å²) in [6, 6.07) is 33.0. The molecule has 0 saturated carbocycles. The zero-order chi connectivity index (χ0) is 17.1. The van der Waals surface area contributed by atoms with Crippen molar-refractivity contribution in [1.82, 2.24) is 0 Å². The molecule has 122 valence electrons. The number of allylic oxidation sites excluding steroid dienone is 4. The molecule has 0 nitrogen and oxygen atoms in total. The summed E-state index contributed by atoms with van der Waals surface area (Å²) in [6.45, 7) is 2.49. The average Bonchev–Trinajstić information content (AvgIpc) is 3.20. The van der Waals surface area contributed by atoms with E-state index in [0.29, 0.717) is 0 Å². The number of hydrogen-bond acceptors (Lipinski definition) is 0. The molecule has 0 atom stereocenters. The van der Waals surface area contributed by atoms with Gasteiger partial charge in [-0.2, -0.15) is 0 Å². The monoisotopic (exact) mass is 338 g/mol. The van der Waals surface area contributed by atoms with Crippen LogP contribution >= 0.6 is 0 Å². The molecule has 3 aromatic rings. The smallest absolute Gasteiger partial charge is 0.0801 e. The Labute approximate surface area is 151 Å².